The van der Waals surface area contributed by atoms with Crippen LogP contribution in [0, 0.1) is 6.92 Å². The molecule has 3 rings (SSSR count). The second-order valence-corrected chi connectivity index (χ2v) is 7.56. The van der Waals surface area contributed by atoms with Crippen molar-refractivity contribution in [2.45, 2.75) is 26.9 Å². The maximum absolute atomic E-state index is 12.8. The number of hydrogen-bond donors (Lipinski definition) is 1. The Kier molecular flexibility index (Phi) is 8.58. The van der Waals surface area contributed by atoms with E-state index in [2.05, 4.69) is 5.32 Å². The van der Waals surface area contributed by atoms with Crippen molar-refractivity contribution < 1.29 is 23.7 Å². The van der Waals surface area contributed by atoms with Crippen LogP contribution in [-0.2, 0) is 13.0 Å². The third-order valence-corrected chi connectivity index (χ3v) is 5.15. The largest absolute Gasteiger partial charge is 0.493 e. The van der Waals surface area contributed by atoms with Gasteiger partial charge in [-0.15, -0.1) is 0 Å². The Morgan fingerprint density at radius 3 is 2.39 bits per heavy atom. The zero-order chi connectivity index (χ0) is 23.6. The van der Waals surface area contributed by atoms with Crippen LogP contribution in [0.5, 0.6) is 23.0 Å². The van der Waals surface area contributed by atoms with E-state index in [4.69, 9.17) is 18.9 Å². The van der Waals surface area contributed by atoms with Gasteiger partial charge >= 0.3 is 0 Å². The summed E-state index contributed by atoms with van der Waals surface area (Å²) in [5.41, 5.74) is 3.56. The summed E-state index contributed by atoms with van der Waals surface area (Å²) in [7, 11) is 3.21. The molecule has 0 aliphatic heterocycles. The molecule has 0 bridgehead atoms. The lowest BCUT2D eigenvalue weighted by atomic mass is 10.1. The predicted molar refractivity (Wildman–Crippen MR) is 129 cm³/mol. The highest BCUT2D eigenvalue weighted by molar-refractivity contribution is 5.94. The molecule has 174 valence electrons. The summed E-state index contributed by atoms with van der Waals surface area (Å²) in [6.45, 7) is 5.29. The van der Waals surface area contributed by atoms with Gasteiger partial charge in [0.2, 0.25) is 0 Å². The summed E-state index contributed by atoms with van der Waals surface area (Å²) in [6, 6.07) is 19.0. The Hall–Kier alpha value is -3.67. The van der Waals surface area contributed by atoms with Crippen LogP contribution in [0.15, 0.2) is 60.7 Å². The standard InChI is InChI=1S/C27H31NO5/c1-5-32-24-12-10-21(17-22(24)18-33-23-8-6-7-19(2)15-23)27(29)28-14-13-20-9-11-25(30-3)26(16-20)31-4/h6-12,15-17H,5,13-14,18H2,1-4H3,(H,28,29). The van der Waals surface area contributed by atoms with Crippen LogP contribution in [0.4, 0.5) is 0 Å². The molecule has 0 heterocycles. The number of hydrogen-bond acceptors (Lipinski definition) is 5. The van der Waals surface area contributed by atoms with Crippen LogP contribution < -0.4 is 24.3 Å². The maximum atomic E-state index is 12.8. The van der Waals surface area contributed by atoms with E-state index in [1.165, 1.54) is 0 Å². The van der Waals surface area contributed by atoms with Gasteiger partial charge in [-0.25, -0.2) is 0 Å². The van der Waals surface area contributed by atoms with Crippen molar-refractivity contribution in [3.63, 3.8) is 0 Å². The molecule has 0 fully saturated rings. The third-order valence-electron chi connectivity index (χ3n) is 5.15. The quantitative estimate of drug-likeness (QED) is 0.448. The van der Waals surface area contributed by atoms with Gasteiger partial charge < -0.3 is 24.3 Å². The highest BCUT2D eigenvalue weighted by atomic mass is 16.5. The monoisotopic (exact) mass is 449 g/mol. The lowest BCUT2D eigenvalue weighted by Gasteiger charge is -2.14. The lowest BCUT2D eigenvalue weighted by Crippen LogP contribution is -2.25. The number of carbonyl (C=O) groups excluding carboxylic acids is 1. The average molecular weight is 450 g/mol. The minimum Gasteiger partial charge on any atom is -0.493 e. The predicted octanol–water partition coefficient (Wildman–Crippen LogP) is 4.96. The number of aryl methyl sites for hydroxylation is 1. The van der Waals surface area contributed by atoms with Gasteiger partial charge in [0.1, 0.15) is 18.1 Å². The summed E-state index contributed by atoms with van der Waals surface area (Å²) in [5.74, 6) is 2.70. The molecule has 3 aromatic carbocycles. The molecule has 0 aromatic heterocycles. The third kappa shape index (κ3) is 6.65. The van der Waals surface area contributed by atoms with E-state index in [0.717, 1.165) is 22.4 Å². The topological polar surface area (TPSA) is 66.0 Å². The zero-order valence-electron chi connectivity index (χ0n) is 19.6. The molecular weight excluding hydrogens is 418 g/mol. The van der Waals surface area contributed by atoms with Gasteiger partial charge in [-0.1, -0.05) is 18.2 Å². The van der Waals surface area contributed by atoms with E-state index in [9.17, 15) is 4.79 Å². The number of ether oxygens (including phenoxy) is 4. The van der Waals surface area contributed by atoms with E-state index < -0.39 is 0 Å². The lowest BCUT2D eigenvalue weighted by molar-refractivity contribution is 0.0954. The molecule has 0 spiro atoms. The number of amides is 1. The first-order valence-corrected chi connectivity index (χ1v) is 11.0. The zero-order valence-corrected chi connectivity index (χ0v) is 19.6. The number of rotatable bonds is 11. The first kappa shape index (κ1) is 24.0. The van der Waals surface area contributed by atoms with Crippen molar-refractivity contribution in [1.29, 1.82) is 0 Å². The molecule has 6 heteroatoms. The molecule has 1 amide bonds. The second kappa shape index (κ2) is 11.8. The minimum atomic E-state index is -0.143. The highest BCUT2D eigenvalue weighted by Gasteiger charge is 2.12. The van der Waals surface area contributed by atoms with Crippen molar-refractivity contribution in [2.24, 2.45) is 0 Å². The molecule has 0 saturated carbocycles. The molecule has 0 aliphatic carbocycles. The molecule has 6 nitrogen and oxygen atoms in total. The fraction of sp³-hybridized carbons (Fsp3) is 0.296. The Morgan fingerprint density at radius 1 is 0.879 bits per heavy atom. The summed E-state index contributed by atoms with van der Waals surface area (Å²) in [4.78, 5) is 12.8. The van der Waals surface area contributed by atoms with E-state index in [1.54, 1.807) is 20.3 Å². The SMILES string of the molecule is CCOc1ccc(C(=O)NCCc2ccc(OC)c(OC)c2)cc1COc1cccc(C)c1. The molecule has 1 N–H and O–H groups in total. The van der Waals surface area contributed by atoms with Gasteiger partial charge in [-0.3, -0.25) is 4.79 Å². The summed E-state index contributed by atoms with van der Waals surface area (Å²) < 4.78 is 22.3. The Balaban J connectivity index is 1.64. The fourth-order valence-corrected chi connectivity index (χ4v) is 3.45. The molecule has 0 aliphatic rings. The summed E-state index contributed by atoms with van der Waals surface area (Å²) >= 11 is 0. The fourth-order valence-electron chi connectivity index (χ4n) is 3.45. The van der Waals surface area contributed by atoms with Crippen molar-refractivity contribution >= 4 is 5.91 Å². The van der Waals surface area contributed by atoms with E-state index in [-0.39, 0.29) is 5.91 Å². The van der Waals surface area contributed by atoms with E-state index in [0.29, 0.717) is 49.0 Å². The molecular formula is C27H31NO5. The molecule has 0 unspecified atom stereocenters. The molecule has 0 radical (unpaired) electrons. The normalized spacial score (nSPS) is 10.4. The first-order chi connectivity index (χ1) is 16.0. The molecule has 3 aromatic rings. The van der Waals surface area contributed by atoms with Crippen molar-refractivity contribution in [3.8, 4) is 23.0 Å². The van der Waals surface area contributed by atoms with Crippen LogP contribution in [0.3, 0.4) is 0 Å². The van der Waals surface area contributed by atoms with Gasteiger partial charge in [0.15, 0.2) is 11.5 Å². The number of carbonyl (C=O) groups is 1. The number of methoxy groups -OCH3 is 2. The van der Waals surface area contributed by atoms with Crippen molar-refractivity contribution in [2.75, 3.05) is 27.4 Å². The second-order valence-electron chi connectivity index (χ2n) is 7.56. The molecule has 0 saturated heterocycles. The smallest absolute Gasteiger partial charge is 0.251 e. The van der Waals surface area contributed by atoms with E-state index in [1.807, 2.05) is 68.4 Å². The van der Waals surface area contributed by atoms with Gasteiger partial charge in [-0.2, -0.15) is 0 Å². The highest BCUT2D eigenvalue weighted by Crippen LogP contribution is 2.27. The van der Waals surface area contributed by atoms with Gasteiger partial charge in [0.05, 0.1) is 20.8 Å². The van der Waals surface area contributed by atoms with E-state index >= 15 is 0 Å². The summed E-state index contributed by atoms with van der Waals surface area (Å²) in [6.07, 6.45) is 0.673. The molecule has 33 heavy (non-hydrogen) atoms. The average Bonchev–Trinajstić information content (AvgIpc) is 2.83. The van der Waals surface area contributed by atoms with Gasteiger partial charge in [-0.05, 0) is 73.9 Å². The Labute approximate surface area is 195 Å². The Bertz CT molecular complexity index is 1080. The Morgan fingerprint density at radius 2 is 1.67 bits per heavy atom. The van der Waals surface area contributed by atoms with Crippen LogP contribution in [0.25, 0.3) is 0 Å². The van der Waals surface area contributed by atoms with Crippen molar-refractivity contribution in [1.82, 2.24) is 5.32 Å². The van der Waals surface area contributed by atoms with Gasteiger partial charge in [0.25, 0.3) is 5.91 Å². The van der Waals surface area contributed by atoms with Gasteiger partial charge in [0, 0.05) is 17.7 Å². The minimum absolute atomic E-state index is 0.143. The first-order valence-electron chi connectivity index (χ1n) is 11.0. The number of benzene rings is 3. The van der Waals surface area contributed by atoms with Crippen LogP contribution in [0.2, 0.25) is 0 Å². The van der Waals surface area contributed by atoms with Crippen LogP contribution in [-0.4, -0.2) is 33.3 Å². The van der Waals surface area contributed by atoms with Crippen LogP contribution >= 0.6 is 0 Å². The number of nitrogens with one attached hydrogen (secondary N) is 1. The maximum Gasteiger partial charge on any atom is 0.251 e. The molecule has 0 atom stereocenters. The van der Waals surface area contributed by atoms with Crippen molar-refractivity contribution in [3.05, 3.63) is 82.9 Å². The summed E-state index contributed by atoms with van der Waals surface area (Å²) in [5, 5.41) is 2.98. The van der Waals surface area contributed by atoms with Crippen LogP contribution in [0.1, 0.15) is 34.0 Å².